The fourth-order valence-corrected chi connectivity index (χ4v) is 1.93. The first-order chi connectivity index (χ1) is 7.16. The maximum absolute atomic E-state index is 4.14. The zero-order valence-corrected chi connectivity index (χ0v) is 9.75. The quantitative estimate of drug-likeness (QED) is 0.776. The van der Waals surface area contributed by atoms with Gasteiger partial charge in [-0.05, 0) is 18.6 Å². The summed E-state index contributed by atoms with van der Waals surface area (Å²) in [4.78, 5) is 6.09. The highest BCUT2D eigenvalue weighted by atomic mass is 32.1. The monoisotopic (exact) mass is 220 g/mol. The summed E-state index contributed by atoms with van der Waals surface area (Å²) < 4.78 is 0. The molecule has 0 atom stereocenters. The average Bonchev–Trinajstić information content (AvgIpc) is 2.66. The molecule has 0 aliphatic rings. The van der Waals surface area contributed by atoms with Crippen molar-refractivity contribution in [1.29, 1.82) is 0 Å². The molecule has 0 bridgehead atoms. The fourth-order valence-electron chi connectivity index (χ4n) is 1.18. The molecule has 2 heterocycles. The minimum absolute atomic E-state index is 0.909. The summed E-state index contributed by atoms with van der Waals surface area (Å²) in [6, 6.07) is 2.06. The van der Waals surface area contributed by atoms with Crippen LogP contribution in [-0.2, 0) is 0 Å². The first-order valence-electron chi connectivity index (χ1n) is 4.59. The van der Waals surface area contributed by atoms with Crippen LogP contribution in [0.3, 0.4) is 0 Å². The summed E-state index contributed by atoms with van der Waals surface area (Å²) in [5.74, 6) is 0. The lowest BCUT2D eigenvalue weighted by Gasteiger charge is -2.03. The van der Waals surface area contributed by atoms with Gasteiger partial charge in [-0.2, -0.15) is 0 Å². The van der Waals surface area contributed by atoms with Gasteiger partial charge in [-0.25, -0.2) is 0 Å². The zero-order valence-electron chi connectivity index (χ0n) is 8.93. The molecule has 2 aromatic rings. The van der Waals surface area contributed by atoms with Crippen LogP contribution in [0.15, 0.2) is 18.5 Å². The van der Waals surface area contributed by atoms with Crippen molar-refractivity contribution in [2.45, 2.75) is 6.92 Å². The molecule has 2 rings (SSSR count). The van der Waals surface area contributed by atoms with Crippen molar-refractivity contribution >= 4 is 16.5 Å². The minimum atomic E-state index is 0.909. The Kier molecular flexibility index (Phi) is 2.64. The Morgan fingerprint density at radius 1 is 1.20 bits per heavy atom. The molecule has 2 aromatic heterocycles. The van der Waals surface area contributed by atoms with E-state index in [0.29, 0.717) is 0 Å². The van der Waals surface area contributed by atoms with Crippen molar-refractivity contribution < 1.29 is 0 Å². The zero-order chi connectivity index (χ0) is 10.8. The Hall–Kier alpha value is -1.49. The Labute approximate surface area is 92.6 Å². The van der Waals surface area contributed by atoms with Gasteiger partial charge in [0.15, 0.2) is 5.01 Å². The summed E-state index contributed by atoms with van der Waals surface area (Å²) in [7, 11) is 3.91. The lowest BCUT2D eigenvalue weighted by molar-refractivity contribution is 1.02. The maximum Gasteiger partial charge on any atom is 0.208 e. The number of nitrogens with zero attached hydrogens (tertiary/aromatic N) is 4. The van der Waals surface area contributed by atoms with E-state index in [-0.39, 0.29) is 0 Å². The highest BCUT2D eigenvalue weighted by Crippen LogP contribution is 2.27. The van der Waals surface area contributed by atoms with Gasteiger partial charge in [0.2, 0.25) is 5.13 Å². The molecule has 5 heteroatoms. The number of anilines is 1. The summed E-state index contributed by atoms with van der Waals surface area (Å²) in [6.07, 6.45) is 3.64. The summed E-state index contributed by atoms with van der Waals surface area (Å²) in [5, 5.41) is 10.0. The number of aromatic nitrogens is 3. The fraction of sp³-hybridized carbons (Fsp3) is 0.300. The average molecular weight is 220 g/mol. The Balaban J connectivity index is 2.37. The second kappa shape index (κ2) is 3.94. The smallest absolute Gasteiger partial charge is 0.208 e. The van der Waals surface area contributed by atoms with Crippen LogP contribution in [0, 0.1) is 6.92 Å². The molecule has 15 heavy (non-hydrogen) atoms. The lowest BCUT2D eigenvalue weighted by Crippen LogP contribution is -2.07. The Bertz CT molecular complexity index is 464. The molecule has 0 saturated heterocycles. The van der Waals surface area contributed by atoms with Crippen molar-refractivity contribution in [2.75, 3.05) is 19.0 Å². The first-order valence-corrected chi connectivity index (χ1v) is 5.41. The second-order valence-electron chi connectivity index (χ2n) is 3.54. The molecule has 0 N–H and O–H groups in total. The predicted octanol–water partition coefficient (Wildman–Crippen LogP) is 1.97. The van der Waals surface area contributed by atoms with E-state index in [1.54, 1.807) is 11.3 Å². The van der Waals surface area contributed by atoms with E-state index in [4.69, 9.17) is 0 Å². The van der Waals surface area contributed by atoms with Gasteiger partial charge in [0.25, 0.3) is 0 Å². The van der Waals surface area contributed by atoms with Gasteiger partial charge in [-0.3, -0.25) is 4.98 Å². The standard InChI is InChI=1S/C10H12N4S/c1-7-4-8(6-11-5-7)9-12-13-10(15-9)14(2)3/h4-6H,1-3H3. The van der Waals surface area contributed by atoms with Crippen LogP contribution < -0.4 is 4.90 Å². The highest BCUT2D eigenvalue weighted by molar-refractivity contribution is 7.18. The molecule has 78 valence electrons. The number of rotatable bonds is 2. The molecule has 0 amide bonds. The van der Waals surface area contributed by atoms with E-state index < -0.39 is 0 Å². The Morgan fingerprint density at radius 3 is 2.60 bits per heavy atom. The first kappa shape index (κ1) is 10.0. The summed E-state index contributed by atoms with van der Waals surface area (Å²) in [5.41, 5.74) is 2.16. The molecule has 0 spiro atoms. The highest BCUT2D eigenvalue weighted by Gasteiger charge is 2.07. The van der Waals surface area contributed by atoms with E-state index in [1.807, 2.05) is 38.3 Å². The third-order valence-corrected chi connectivity index (χ3v) is 3.06. The van der Waals surface area contributed by atoms with Gasteiger partial charge >= 0.3 is 0 Å². The second-order valence-corrected chi connectivity index (χ2v) is 4.49. The third kappa shape index (κ3) is 2.12. The van der Waals surface area contributed by atoms with Crippen LogP contribution in [0.2, 0.25) is 0 Å². The molecular weight excluding hydrogens is 208 g/mol. The molecule has 0 unspecified atom stereocenters. The number of aryl methyl sites for hydroxylation is 1. The molecule has 0 saturated carbocycles. The third-order valence-electron chi connectivity index (χ3n) is 1.92. The molecule has 0 radical (unpaired) electrons. The molecule has 4 nitrogen and oxygen atoms in total. The minimum Gasteiger partial charge on any atom is -0.353 e. The van der Waals surface area contributed by atoms with Crippen LogP contribution in [0.1, 0.15) is 5.56 Å². The van der Waals surface area contributed by atoms with E-state index in [9.17, 15) is 0 Å². The van der Waals surface area contributed by atoms with Crippen molar-refractivity contribution in [2.24, 2.45) is 0 Å². The molecular formula is C10H12N4S. The van der Waals surface area contributed by atoms with Gasteiger partial charge in [0.1, 0.15) is 0 Å². The summed E-state index contributed by atoms with van der Waals surface area (Å²) >= 11 is 1.57. The largest absolute Gasteiger partial charge is 0.353 e. The van der Waals surface area contributed by atoms with Gasteiger partial charge in [-0.1, -0.05) is 11.3 Å². The Morgan fingerprint density at radius 2 is 2.00 bits per heavy atom. The van der Waals surface area contributed by atoms with Gasteiger partial charge in [-0.15, -0.1) is 10.2 Å². The molecule has 0 aliphatic heterocycles. The topological polar surface area (TPSA) is 41.9 Å². The van der Waals surface area contributed by atoms with Crippen molar-refractivity contribution in [3.8, 4) is 10.6 Å². The summed E-state index contributed by atoms with van der Waals surface area (Å²) in [6.45, 7) is 2.02. The van der Waals surface area contributed by atoms with E-state index in [1.165, 1.54) is 0 Å². The van der Waals surface area contributed by atoms with Crippen LogP contribution in [0.5, 0.6) is 0 Å². The lowest BCUT2D eigenvalue weighted by atomic mass is 10.2. The normalized spacial score (nSPS) is 10.3. The van der Waals surface area contributed by atoms with Crippen molar-refractivity contribution in [3.05, 3.63) is 24.0 Å². The van der Waals surface area contributed by atoms with Gasteiger partial charge in [0, 0.05) is 32.1 Å². The van der Waals surface area contributed by atoms with Crippen molar-refractivity contribution in [3.63, 3.8) is 0 Å². The predicted molar refractivity (Wildman–Crippen MR) is 62.2 cm³/mol. The van der Waals surface area contributed by atoms with Crippen molar-refractivity contribution in [1.82, 2.24) is 15.2 Å². The molecule has 0 aliphatic carbocycles. The van der Waals surface area contributed by atoms with E-state index >= 15 is 0 Å². The molecule has 0 fully saturated rings. The van der Waals surface area contributed by atoms with E-state index in [2.05, 4.69) is 21.2 Å². The van der Waals surface area contributed by atoms with Gasteiger partial charge < -0.3 is 4.90 Å². The SMILES string of the molecule is Cc1cncc(-c2nnc(N(C)C)s2)c1. The van der Waals surface area contributed by atoms with Gasteiger partial charge in [0.05, 0.1) is 0 Å². The number of hydrogen-bond donors (Lipinski definition) is 0. The maximum atomic E-state index is 4.14. The van der Waals surface area contributed by atoms with Crippen LogP contribution in [0.4, 0.5) is 5.13 Å². The van der Waals surface area contributed by atoms with E-state index in [0.717, 1.165) is 21.3 Å². The number of hydrogen-bond acceptors (Lipinski definition) is 5. The van der Waals surface area contributed by atoms with Crippen LogP contribution in [-0.4, -0.2) is 29.3 Å². The van der Waals surface area contributed by atoms with Crippen LogP contribution >= 0.6 is 11.3 Å². The number of pyridine rings is 1. The van der Waals surface area contributed by atoms with Crippen LogP contribution in [0.25, 0.3) is 10.6 Å². The molecule has 0 aromatic carbocycles.